The van der Waals surface area contributed by atoms with Gasteiger partial charge in [0.15, 0.2) is 0 Å². The maximum atomic E-state index is 12.5. The molecule has 9 heteroatoms. The van der Waals surface area contributed by atoms with Gasteiger partial charge in [0.05, 0.1) is 35.7 Å². The Morgan fingerprint density at radius 1 is 1.30 bits per heavy atom. The molecule has 0 aromatic carbocycles. The lowest BCUT2D eigenvalue weighted by Crippen LogP contribution is -2.26. The average molecular weight is 365 g/mol. The van der Waals surface area contributed by atoms with Crippen molar-refractivity contribution in [1.29, 1.82) is 0 Å². The number of rotatable bonds is 4. The number of H-pyrrole nitrogens is 1. The number of aromatic nitrogens is 7. The van der Waals surface area contributed by atoms with E-state index in [-0.39, 0.29) is 5.56 Å². The Morgan fingerprint density at radius 3 is 2.85 bits per heavy atom. The third kappa shape index (κ3) is 3.24. The minimum Gasteiger partial charge on any atom is -0.389 e. The normalized spacial score (nSPS) is 12.0. The van der Waals surface area contributed by atoms with E-state index in [2.05, 4.69) is 25.4 Å². The average Bonchev–Trinajstić information content (AvgIpc) is 3.19. The number of fused-ring (bicyclic) bond motifs is 1. The van der Waals surface area contributed by atoms with Crippen molar-refractivity contribution >= 4 is 11.0 Å². The van der Waals surface area contributed by atoms with Gasteiger partial charge in [-0.1, -0.05) is 0 Å². The first-order chi connectivity index (χ1) is 12.8. The second kappa shape index (κ2) is 6.13. The molecule has 0 amide bonds. The largest absolute Gasteiger partial charge is 0.389 e. The Morgan fingerprint density at radius 2 is 2.11 bits per heavy atom. The van der Waals surface area contributed by atoms with Crippen LogP contribution in [0.2, 0.25) is 0 Å². The molecule has 0 spiro atoms. The Balaban J connectivity index is 1.83. The van der Waals surface area contributed by atoms with Gasteiger partial charge in [-0.05, 0) is 32.4 Å². The molecule has 4 rings (SSSR count). The molecule has 0 fully saturated rings. The summed E-state index contributed by atoms with van der Waals surface area (Å²) in [4.78, 5) is 16.6. The van der Waals surface area contributed by atoms with E-state index >= 15 is 0 Å². The van der Waals surface area contributed by atoms with Crippen LogP contribution in [0.15, 0.2) is 41.7 Å². The third-order valence-corrected chi connectivity index (χ3v) is 4.14. The Hall–Kier alpha value is -3.33. The summed E-state index contributed by atoms with van der Waals surface area (Å²) in [6, 6.07) is 3.29. The molecule has 0 aliphatic rings. The lowest BCUT2D eigenvalue weighted by Gasteiger charge is -2.16. The summed E-state index contributed by atoms with van der Waals surface area (Å²) in [5.41, 5.74) is 2.79. The summed E-state index contributed by atoms with van der Waals surface area (Å²) in [6.07, 6.45) is 6.73. The molecule has 4 aromatic rings. The highest BCUT2D eigenvalue weighted by atomic mass is 16.3. The highest BCUT2D eigenvalue weighted by molar-refractivity contribution is 5.88. The van der Waals surface area contributed by atoms with Crippen molar-refractivity contribution in [1.82, 2.24) is 34.7 Å². The zero-order valence-electron chi connectivity index (χ0n) is 15.2. The summed E-state index contributed by atoms with van der Waals surface area (Å²) in [5.74, 6) is 0. The Bertz CT molecular complexity index is 1180. The molecule has 0 saturated carbocycles. The van der Waals surface area contributed by atoms with Gasteiger partial charge in [-0.2, -0.15) is 20.0 Å². The first kappa shape index (κ1) is 17.1. The van der Waals surface area contributed by atoms with Crippen molar-refractivity contribution in [3.63, 3.8) is 0 Å². The van der Waals surface area contributed by atoms with Gasteiger partial charge >= 0.3 is 0 Å². The van der Waals surface area contributed by atoms with Crippen LogP contribution in [0.25, 0.3) is 28.0 Å². The number of nitrogens with one attached hydrogen (secondary N) is 1. The van der Waals surface area contributed by atoms with E-state index in [0.717, 1.165) is 11.1 Å². The van der Waals surface area contributed by atoms with Crippen molar-refractivity contribution in [2.45, 2.75) is 32.9 Å². The van der Waals surface area contributed by atoms with Crippen molar-refractivity contribution in [2.24, 2.45) is 0 Å². The molecule has 0 atom stereocenters. The first-order valence-corrected chi connectivity index (χ1v) is 8.46. The molecular formula is C18H19N7O2. The first-order valence-electron chi connectivity index (χ1n) is 8.46. The number of hydrogen-bond donors (Lipinski definition) is 2. The number of aromatic amines is 1. The van der Waals surface area contributed by atoms with E-state index in [1.807, 2.05) is 13.0 Å². The van der Waals surface area contributed by atoms with Crippen LogP contribution >= 0.6 is 0 Å². The smallest absolute Gasteiger partial charge is 0.273 e. The molecule has 0 aliphatic carbocycles. The van der Waals surface area contributed by atoms with E-state index < -0.39 is 5.60 Å². The molecule has 0 aliphatic heterocycles. The molecule has 138 valence electrons. The van der Waals surface area contributed by atoms with Gasteiger partial charge in [-0.3, -0.25) is 19.6 Å². The second-order valence-corrected chi connectivity index (χ2v) is 7.13. The maximum Gasteiger partial charge on any atom is 0.273 e. The van der Waals surface area contributed by atoms with Gasteiger partial charge in [0.1, 0.15) is 11.2 Å². The van der Waals surface area contributed by atoms with E-state index in [4.69, 9.17) is 0 Å². The van der Waals surface area contributed by atoms with Crippen molar-refractivity contribution in [2.75, 3.05) is 0 Å². The van der Waals surface area contributed by atoms with Crippen LogP contribution in [-0.4, -0.2) is 45.4 Å². The number of hydrogen-bond acceptors (Lipinski definition) is 6. The predicted octanol–water partition coefficient (Wildman–Crippen LogP) is 1.45. The minimum absolute atomic E-state index is 0.272. The fourth-order valence-corrected chi connectivity index (χ4v) is 2.91. The standard InChI is InChI=1S/C18H19N7O2/c1-11-4-5-19-8-14(11)25-15(26)6-13-17(23-25)16(22-21-13)12-7-20-24(9-12)10-18(2,3)27/h4-9,21,27H,10H2,1-3H3. The highest BCUT2D eigenvalue weighted by Crippen LogP contribution is 2.24. The molecule has 2 N–H and O–H groups in total. The van der Waals surface area contributed by atoms with Crippen LogP contribution in [0.3, 0.4) is 0 Å². The predicted molar refractivity (Wildman–Crippen MR) is 99.5 cm³/mol. The number of aliphatic hydroxyl groups is 1. The van der Waals surface area contributed by atoms with Crippen LogP contribution in [0.5, 0.6) is 0 Å². The maximum absolute atomic E-state index is 12.5. The minimum atomic E-state index is -0.881. The molecule has 4 heterocycles. The van der Waals surface area contributed by atoms with Crippen LogP contribution in [-0.2, 0) is 6.54 Å². The number of nitrogens with zero attached hydrogens (tertiary/aromatic N) is 6. The van der Waals surface area contributed by atoms with Crippen LogP contribution < -0.4 is 5.56 Å². The SMILES string of the molecule is Cc1ccncc1-n1nc2c(-c3cnn(CC(C)(C)O)c3)n[nH]c2cc1=O. The lowest BCUT2D eigenvalue weighted by atomic mass is 10.1. The summed E-state index contributed by atoms with van der Waals surface area (Å²) < 4.78 is 2.97. The third-order valence-electron chi connectivity index (χ3n) is 4.14. The summed E-state index contributed by atoms with van der Waals surface area (Å²) in [6.45, 7) is 5.68. The van der Waals surface area contributed by atoms with E-state index in [1.54, 1.807) is 43.3 Å². The summed E-state index contributed by atoms with van der Waals surface area (Å²) >= 11 is 0. The van der Waals surface area contributed by atoms with Crippen molar-refractivity contribution < 1.29 is 5.11 Å². The second-order valence-electron chi connectivity index (χ2n) is 7.13. The molecular weight excluding hydrogens is 346 g/mol. The topological polar surface area (TPSA) is 115 Å². The van der Waals surface area contributed by atoms with Gasteiger partial charge in [-0.15, -0.1) is 0 Å². The van der Waals surface area contributed by atoms with E-state index in [0.29, 0.717) is 29.0 Å². The zero-order chi connectivity index (χ0) is 19.2. The monoisotopic (exact) mass is 365 g/mol. The zero-order valence-corrected chi connectivity index (χ0v) is 15.2. The molecule has 0 saturated heterocycles. The number of aryl methyl sites for hydroxylation is 1. The van der Waals surface area contributed by atoms with Crippen LogP contribution in [0.1, 0.15) is 19.4 Å². The molecule has 0 unspecified atom stereocenters. The van der Waals surface area contributed by atoms with Gasteiger partial charge in [0.25, 0.3) is 5.56 Å². The highest BCUT2D eigenvalue weighted by Gasteiger charge is 2.18. The van der Waals surface area contributed by atoms with Crippen LogP contribution in [0, 0.1) is 6.92 Å². The molecule has 0 radical (unpaired) electrons. The molecule has 0 bridgehead atoms. The van der Waals surface area contributed by atoms with Gasteiger partial charge in [0, 0.05) is 24.0 Å². The van der Waals surface area contributed by atoms with Gasteiger partial charge < -0.3 is 5.11 Å². The van der Waals surface area contributed by atoms with Crippen molar-refractivity contribution in [3.8, 4) is 16.9 Å². The van der Waals surface area contributed by atoms with Crippen LogP contribution in [0.4, 0.5) is 0 Å². The summed E-state index contributed by atoms with van der Waals surface area (Å²) in [7, 11) is 0. The number of pyridine rings is 1. The fourth-order valence-electron chi connectivity index (χ4n) is 2.91. The van der Waals surface area contributed by atoms with Crippen molar-refractivity contribution in [3.05, 3.63) is 52.8 Å². The molecule has 9 nitrogen and oxygen atoms in total. The lowest BCUT2D eigenvalue weighted by molar-refractivity contribution is 0.0577. The fraction of sp³-hybridized carbons (Fsp3) is 0.278. The van der Waals surface area contributed by atoms with E-state index in [1.165, 1.54) is 10.7 Å². The molecule has 27 heavy (non-hydrogen) atoms. The summed E-state index contributed by atoms with van der Waals surface area (Å²) in [5, 5.41) is 25.9. The Kier molecular flexibility index (Phi) is 3.88. The van der Waals surface area contributed by atoms with Gasteiger partial charge in [-0.25, -0.2) is 0 Å². The molecule has 4 aromatic heterocycles. The van der Waals surface area contributed by atoms with Gasteiger partial charge in [0.2, 0.25) is 0 Å². The Labute approximate surface area is 154 Å². The van der Waals surface area contributed by atoms with E-state index in [9.17, 15) is 9.90 Å². The quantitative estimate of drug-likeness (QED) is 0.566.